The SMILES string of the molecule is O=C([O-])O[O-].O=C([O-])O[O-].O=C([O-])O[O-].[U]. The van der Waals surface area contributed by atoms with Crippen molar-refractivity contribution < 1.29 is 91.3 Å². The summed E-state index contributed by atoms with van der Waals surface area (Å²) in [6, 6.07) is 0. The van der Waals surface area contributed by atoms with Crippen molar-refractivity contribution in [3.8, 4) is 0 Å². The van der Waals surface area contributed by atoms with Crippen molar-refractivity contribution in [2.24, 2.45) is 0 Å². The summed E-state index contributed by atoms with van der Waals surface area (Å²) in [5.74, 6) is 0. The molecule has 0 saturated carbocycles. The molecular formula is C3O12U-6. The first kappa shape index (κ1) is 24.1. The van der Waals surface area contributed by atoms with Crippen LogP contribution in [0.2, 0.25) is 0 Å². The average molecular weight is 466 g/mol. The van der Waals surface area contributed by atoms with Gasteiger partial charge in [-0.25, -0.2) is 0 Å². The molecule has 0 bridgehead atoms. The van der Waals surface area contributed by atoms with E-state index in [1.165, 1.54) is 0 Å². The number of carbonyl (C=O) groups is 3. The molecule has 12 nitrogen and oxygen atoms in total. The fourth-order valence-electron chi connectivity index (χ4n) is 0. The normalized spacial score (nSPS) is 6.19. The summed E-state index contributed by atoms with van der Waals surface area (Å²) in [7, 11) is 0. The van der Waals surface area contributed by atoms with Gasteiger partial charge in [0.1, 0.15) is 0 Å². The third kappa shape index (κ3) is 78.1. The maximum Gasteiger partial charge on any atom is 0.240 e. The van der Waals surface area contributed by atoms with E-state index < -0.39 is 18.5 Å². The molecule has 0 aliphatic carbocycles. The maximum atomic E-state index is 8.72. The Hall–Kier alpha value is -1.26. The van der Waals surface area contributed by atoms with Gasteiger partial charge in [0, 0.05) is 31.1 Å². The molecule has 0 aliphatic rings. The molecule has 0 atom stereocenters. The number of rotatable bonds is 0. The molecule has 0 spiro atoms. The fourth-order valence-corrected chi connectivity index (χ4v) is 0. The van der Waals surface area contributed by atoms with Crippen LogP contribution in [0.5, 0.6) is 0 Å². The largest absolute Gasteiger partial charge is 0.755 e. The van der Waals surface area contributed by atoms with E-state index in [0.29, 0.717) is 0 Å². The van der Waals surface area contributed by atoms with E-state index in [1.54, 1.807) is 0 Å². The standard InChI is InChI=1S/3CH2O4.U/c3*2-1(3)5-4;/h3*4H,(H,2,3);/p-6. The molecule has 0 saturated heterocycles. The van der Waals surface area contributed by atoms with E-state index in [0.717, 1.165) is 0 Å². The van der Waals surface area contributed by atoms with E-state index in [4.69, 9.17) is 45.5 Å². The minimum absolute atomic E-state index is 0. The molecule has 13 heteroatoms. The number of carbonyl (C=O) groups excluding carboxylic acids is 3. The molecule has 0 unspecified atom stereocenters. The van der Waals surface area contributed by atoms with Crippen LogP contribution in [0, 0.1) is 31.1 Å². The summed E-state index contributed by atoms with van der Waals surface area (Å²) in [6.07, 6.45) is -6.15. The molecule has 16 heavy (non-hydrogen) atoms. The Morgan fingerprint density at radius 2 is 0.688 bits per heavy atom. The zero-order chi connectivity index (χ0) is 12.9. The van der Waals surface area contributed by atoms with E-state index in [9.17, 15) is 0 Å². The van der Waals surface area contributed by atoms with Crippen LogP contribution in [0.4, 0.5) is 14.4 Å². The molecule has 0 radical (unpaired) electrons. The monoisotopic (exact) mass is 466 g/mol. The minimum Gasteiger partial charge on any atom is -0.755 e. The molecule has 0 aromatic heterocycles. The van der Waals surface area contributed by atoms with Crippen LogP contribution in [-0.2, 0) is 14.7 Å². The second-order valence-corrected chi connectivity index (χ2v) is 1.00. The van der Waals surface area contributed by atoms with Crippen molar-refractivity contribution in [2.75, 3.05) is 0 Å². The van der Waals surface area contributed by atoms with Crippen molar-refractivity contribution >= 4 is 18.5 Å². The van der Waals surface area contributed by atoms with Crippen LogP contribution < -0.4 is 31.1 Å². The van der Waals surface area contributed by atoms with Gasteiger partial charge >= 0.3 is 0 Å². The smallest absolute Gasteiger partial charge is 0.240 e. The predicted molar refractivity (Wildman–Crippen MR) is 19.4 cm³/mol. The van der Waals surface area contributed by atoms with Gasteiger partial charge < -0.3 is 60.1 Å². The van der Waals surface area contributed by atoms with Crippen LogP contribution in [0.15, 0.2) is 0 Å². The van der Waals surface area contributed by atoms with E-state index in [-0.39, 0.29) is 31.1 Å². The quantitative estimate of drug-likeness (QED) is 0.240. The van der Waals surface area contributed by atoms with Crippen LogP contribution >= 0.6 is 0 Å². The molecule has 94 valence electrons. The van der Waals surface area contributed by atoms with Gasteiger partial charge in [-0.15, -0.1) is 0 Å². The third-order valence-electron chi connectivity index (χ3n) is 0.204. The van der Waals surface area contributed by atoms with Gasteiger partial charge in [0.2, 0.25) is 18.5 Å². The first-order valence-electron chi connectivity index (χ1n) is 2.34. The molecule has 0 N–H and O–H groups in total. The zero-order valence-electron chi connectivity index (χ0n) is 6.90. The second kappa shape index (κ2) is 19.3. The Labute approximate surface area is 110 Å². The van der Waals surface area contributed by atoms with Crippen LogP contribution in [-0.4, -0.2) is 18.5 Å². The van der Waals surface area contributed by atoms with Crippen molar-refractivity contribution in [2.45, 2.75) is 0 Å². The predicted octanol–water partition coefficient (Wildman–Crippen LogP) is -7.14. The Balaban J connectivity index is -0.0000000655. The summed E-state index contributed by atoms with van der Waals surface area (Å²) >= 11 is 0. The number of hydrogen-bond acceptors (Lipinski definition) is 12. The first-order valence-corrected chi connectivity index (χ1v) is 2.34. The average Bonchev–Trinajstić information content (AvgIpc) is 2.19. The second-order valence-electron chi connectivity index (χ2n) is 1.00. The Kier molecular flexibility index (Phi) is 29.2. The van der Waals surface area contributed by atoms with Crippen molar-refractivity contribution in [1.29, 1.82) is 0 Å². The van der Waals surface area contributed by atoms with Crippen LogP contribution in [0.25, 0.3) is 0 Å². The molecule has 0 amide bonds. The Morgan fingerprint density at radius 1 is 0.625 bits per heavy atom. The molecule has 0 rings (SSSR count). The topological polar surface area (TPSA) is 217 Å². The van der Waals surface area contributed by atoms with Gasteiger partial charge in [-0.05, 0) is 0 Å². The zero-order valence-corrected chi connectivity index (χ0v) is 11.1. The summed E-state index contributed by atoms with van der Waals surface area (Å²) < 4.78 is 0. The Morgan fingerprint density at radius 3 is 0.688 bits per heavy atom. The summed E-state index contributed by atoms with van der Waals surface area (Å²) in [5, 5.41) is 51.6. The molecule has 0 aromatic rings. The minimum atomic E-state index is -2.05. The van der Waals surface area contributed by atoms with E-state index in [1.807, 2.05) is 0 Å². The molecule has 0 fully saturated rings. The molecule has 0 aliphatic heterocycles. The van der Waals surface area contributed by atoms with Gasteiger partial charge in [-0.2, -0.15) is 0 Å². The maximum absolute atomic E-state index is 8.72. The summed E-state index contributed by atoms with van der Waals surface area (Å²) in [5.41, 5.74) is 0. The van der Waals surface area contributed by atoms with E-state index >= 15 is 0 Å². The van der Waals surface area contributed by atoms with Crippen molar-refractivity contribution in [1.82, 2.24) is 0 Å². The van der Waals surface area contributed by atoms with Gasteiger partial charge in [0.05, 0.1) is 0 Å². The van der Waals surface area contributed by atoms with Gasteiger partial charge in [-0.3, -0.25) is 0 Å². The Bertz CT molecular complexity index is 155. The van der Waals surface area contributed by atoms with E-state index in [2.05, 4.69) is 14.7 Å². The molecule has 0 aromatic carbocycles. The number of carboxylic acid groups (broad SMARTS) is 3. The summed E-state index contributed by atoms with van der Waals surface area (Å²) in [6.45, 7) is 0. The number of hydrogen-bond donors (Lipinski definition) is 0. The van der Waals surface area contributed by atoms with Crippen LogP contribution in [0.1, 0.15) is 0 Å². The summed E-state index contributed by atoms with van der Waals surface area (Å²) in [4.78, 5) is 33.1. The third-order valence-corrected chi connectivity index (χ3v) is 0.204. The van der Waals surface area contributed by atoms with Crippen molar-refractivity contribution in [3.05, 3.63) is 0 Å². The molecule has 0 heterocycles. The van der Waals surface area contributed by atoms with Gasteiger partial charge in [-0.1, -0.05) is 0 Å². The first-order chi connectivity index (χ1) is 6.81. The van der Waals surface area contributed by atoms with Crippen LogP contribution in [0.3, 0.4) is 0 Å². The van der Waals surface area contributed by atoms with Gasteiger partial charge in [0.25, 0.3) is 0 Å². The van der Waals surface area contributed by atoms with Gasteiger partial charge in [0.15, 0.2) is 0 Å². The molecular weight excluding hydrogens is 466 g/mol. The fraction of sp³-hybridized carbons (Fsp3) is 0. The van der Waals surface area contributed by atoms with Crippen molar-refractivity contribution in [3.63, 3.8) is 0 Å².